The standard InChI is InChI=1S/C22H34N4O5.2ClH/c1-2-31-21(29)18(13-12-17-9-4-3-5-10-17)24-26(16-7-6-14-23)22(30)25-15-8-11-19(25)20(27)28;;/h3-5,9-10,18-19,24H,2,6-8,11-16,23H2,1H3,(H,27,28);2*1H/t18?,19-;;/m0../s1. The predicted molar refractivity (Wildman–Crippen MR) is 131 cm³/mol. The number of esters is 1. The molecule has 1 aliphatic rings. The number of carbonyl (C=O) groups is 3. The van der Waals surface area contributed by atoms with Crippen LogP contribution < -0.4 is 11.2 Å². The first-order chi connectivity index (χ1) is 15.0. The molecule has 0 aromatic heterocycles. The Morgan fingerprint density at radius 3 is 2.55 bits per heavy atom. The van der Waals surface area contributed by atoms with E-state index in [9.17, 15) is 19.5 Å². The number of hydrazine groups is 1. The van der Waals surface area contributed by atoms with Crippen molar-refractivity contribution in [1.29, 1.82) is 0 Å². The first-order valence-corrected chi connectivity index (χ1v) is 11.0. The lowest BCUT2D eigenvalue weighted by molar-refractivity contribution is -0.147. The summed E-state index contributed by atoms with van der Waals surface area (Å²) < 4.78 is 5.22. The summed E-state index contributed by atoms with van der Waals surface area (Å²) in [4.78, 5) is 38.7. The molecule has 0 saturated carbocycles. The largest absolute Gasteiger partial charge is 0.480 e. The van der Waals surface area contributed by atoms with Crippen molar-refractivity contribution in [3.8, 4) is 0 Å². The van der Waals surface area contributed by atoms with E-state index in [2.05, 4.69) is 5.43 Å². The normalized spacial score (nSPS) is 15.7. The van der Waals surface area contributed by atoms with Crippen LogP contribution in [0.4, 0.5) is 4.79 Å². The van der Waals surface area contributed by atoms with Gasteiger partial charge in [0, 0.05) is 13.1 Å². The third-order valence-corrected chi connectivity index (χ3v) is 5.30. The van der Waals surface area contributed by atoms with E-state index < -0.39 is 30.1 Å². The summed E-state index contributed by atoms with van der Waals surface area (Å²) in [5.74, 6) is -1.45. The number of ether oxygens (including phenoxy) is 1. The predicted octanol–water partition coefficient (Wildman–Crippen LogP) is 2.61. The minimum Gasteiger partial charge on any atom is -0.480 e. The van der Waals surface area contributed by atoms with Gasteiger partial charge in [0.2, 0.25) is 0 Å². The number of rotatable bonds is 12. The zero-order chi connectivity index (χ0) is 22.6. The monoisotopic (exact) mass is 506 g/mol. The van der Waals surface area contributed by atoms with Crippen molar-refractivity contribution < 1.29 is 24.2 Å². The van der Waals surface area contributed by atoms with Crippen molar-refractivity contribution in [2.45, 2.75) is 57.5 Å². The fraction of sp³-hybridized carbons (Fsp3) is 0.591. The van der Waals surface area contributed by atoms with Crippen molar-refractivity contribution in [3.05, 3.63) is 35.9 Å². The quantitative estimate of drug-likeness (QED) is 0.226. The Labute approximate surface area is 207 Å². The van der Waals surface area contributed by atoms with E-state index in [1.54, 1.807) is 6.92 Å². The molecule has 1 fully saturated rings. The number of carboxylic acids is 1. The molecule has 11 heteroatoms. The maximum Gasteiger partial charge on any atom is 0.335 e. The Bertz CT molecular complexity index is 726. The van der Waals surface area contributed by atoms with Crippen LogP contribution in [0.2, 0.25) is 0 Å². The number of nitrogens with one attached hydrogen (secondary N) is 1. The van der Waals surface area contributed by atoms with Gasteiger partial charge in [-0.2, -0.15) is 0 Å². The van der Waals surface area contributed by atoms with Gasteiger partial charge in [-0.3, -0.25) is 9.80 Å². The lowest BCUT2D eigenvalue weighted by Gasteiger charge is -2.33. The molecule has 1 aliphatic heterocycles. The molecule has 9 nitrogen and oxygen atoms in total. The van der Waals surface area contributed by atoms with Gasteiger partial charge in [0.1, 0.15) is 12.1 Å². The maximum absolute atomic E-state index is 13.2. The van der Waals surface area contributed by atoms with Crippen molar-refractivity contribution >= 4 is 42.8 Å². The first kappa shape index (κ1) is 30.9. The molecule has 33 heavy (non-hydrogen) atoms. The lowest BCUT2D eigenvalue weighted by atomic mass is 10.1. The number of nitrogens with two attached hydrogens (primary N) is 1. The molecule has 4 N–H and O–H groups in total. The van der Waals surface area contributed by atoms with Gasteiger partial charge in [-0.15, -0.1) is 24.8 Å². The minimum absolute atomic E-state index is 0. The van der Waals surface area contributed by atoms with Gasteiger partial charge in [-0.1, -0.05) is 30.3 Å². The number of urea groups is 1. The minimum atomic E-state index is -1.02. The summed E-state index contributed by atoms with van der Waals surface area (Å²) in [7, 11) is 0. The molecule has 0 spiro atoms. The van der Waals surface area contributed by atoms with E-state index in [0.717, 1.165) is 5.56 Å². The molecule has 2 atom stereocenters. The van der Waals surface area contributed by atoms with Crippen molar-refractivity contribution in [2.75, 3.05) is 26.2 Å². The van der Waals surface area contributed by atoms with Crippen LogP contribution in [0.1, 0.15) is 44.6 Å². The Kier molecular flexibility index (Phi) is 15.5. The van der Waals surface area contributed by atoms with Crippen LogP contribution in [-0.4, -0.2) is 71.3 Å². The summed E-state index contributed by atoms with van der Waals surface area (Å²) in [6, 6.07) is 7.74. The molecular formula is C22H36Cl2N4O5. The number of aliphatic carboxylic acids is 1. The molecular weight excluding hydrogens is 471 g/mol. The molecule has 0 radical (unpaired) electrons. The van der Waals surface area contributed by atoms with Gasteiger partial charge < -0.3 is 20.5 Å². The second-order valence-corrected chi connectivity index (χ2v) is 7.58. The Morgan fingerprint density at radius 2 is 1.94 bits per heavy atom. The van der Waals surface area contributed by atoms with E-state index >= 15 is 0 Å². The van der Waals surface area contributed by atoms with E-state index in [1.165, 1.54) is 9.91 Å². The number of amides is 2. The highest BCUT2D eigenvalue weighted by atomic mass is 35.5. The van der Waals surface area contributed by atoms with Crippen molar-refractivity contribution in [2.24, 2.45) is 5.73 Å². The van der Waals surface area contributed by atoms with Crippen LogP contribution >= 0.6 is 24.8 Å². The topological polar surface area (TPSA) is 125 Å². The molecule has 0 bridgehead atoms. The summed E-state index contributed by atoms with van der Waals surface area (Å²) in [5, 5.41) is 10.8. The van der Waals surface area contributed by atoms with E-state index in [4.69, 9.17) is 10.5 Å². The molecule has 1 heterocycles. The number of carbonyl (C=O) groups excluding carboxylic acids is 2. The number of aryl methyl sites for hydroxylation is 1. The lowest BCUT2D eigenvalue weighted by Crippen LogP contribution is -2.57. The van der Waals surface area contributed by atoms with Gasteiger partial charge in [0.15, 0.2) is 0 Å². The van der Waals surface area contributed by atoms with E-state index in [-0.39, 0.29) is 31.4 Å². The maximum atomic E-state index is 13.2. The highest BCUT2D eigenvalue weighted by Crippen LogP contribution is 2.19. The van der Waals surface area contributed by atoms with E-state index in [1.807, 2.05) is 30.3 Å². The van der Waals surface area contributed by atoms with E-state index in [0.29, 0.717) is 58.2 Å². The SMILES string of the molecule is CCOC(=O)C(CCc1ccccc1)NN(CCCCN)C(=O)N1CCC[C@H]1C(=O)O.Cl.Cl. The van der Waals surface area contributed by atoms with Crippen LogP contribution in [-0.2, 0) is 20.7 Å². The Hall–Kier alpha value is -2.07. The first-order valence-electron chi connectivity index (χ1n) is 11.0. The molecule has 1 saturated heterocycles. The molecule has 2 amide bonds. The van der Waals surface area contributed by atoms with Gasteiger partial charge >= 0.3 is 18.0 Å². The molecule has 1 unspecified atom stereocenters. The van der Waals surface area contributed by atoms with Crippen LogP contribution in [0, 0.1) is 0 Å². The Morgan fingerprint density at radius 1 is 1.24 bits per heavy atom. The summed E-state index contributed by atoms with van der Waals surface area (Å²) in [6.45, 7) is 3.15. The average Bonchev–Trinajstić information content (AvgIpc) is 3.26. The van der Waals surface area contributed by atoms with Crippen LogP contribution in [0.25, 0.3) is 0 Å². The highest BCUT2D eigenvalue weighted by molar-refractivity contribution is 5.86. The number of benzene rings is 1. The third kappa shape index (κ3) is 9.75. The number of hydrogen-bond donors (Lipinski definition) is 3. The van der Waals surface area contributed by atoms with Crippen LogP contribution in [0.5, 0.6) is 0 Å². The van der Waals surface area contributed by atoms with Gasteiger partial charge in [-0.05, 0) is 57.6 Å². The number of halogens is 2. The summed E-state index contributed by atoms with van der Waals surface area (Å²) in [5.41, 5.74) is 9.70. The number of hydrogen-bond acceptors (Lipinski definition) is 6. The van der Waals surface area contributed by atoms with Crippen LogP contribution in [0.15, 0.2) is 30.3 Å². The highest BCUT2D eigenvalue weighted by Gasteiger charge is 2.37. The second-order valence-electron chi connectivity index (χ2n) is 7.58. The molecule has 2 rings (SSSR count). The van der Waals surface area contributed by atoms with Crippen molar-refractivity contribution in [1.82, 2.24) is 15.3 Å². The third-order valence-electron chi connectivity index (χ3n) is 5.30. The number of nitrogens with zero attached hydrogens (tertiary/aromatic N) is 2. The van der Waals surface area contributed by atoms with Crippen molar-refractivity contribution in [3.63, 3.8) is 0 Å². The zero-order valence-electron chi connectivity index (χ0n) is 19.0. The molecule has 1 aromatic carbocycles. The molecule has 0 aliphatic carbocycles. The van der Waals surface area contributed by atoms with Crippen LogP contribution in [0.3, 0.4) is 0 Å². The number of unbranched alkanes of at least 4 members (excludes halogenated alkanes) is 1. The van der Waals surface area contributed by atoms with Gasteiger partial charge in [0.25, 0.3) is 0 Å². The average molecular weight is 507 g/mol. The number of carboxylic acid groups (broad SMARTS) is 1. The molecule has 1 aromatic rings. The Balaban J connectivity index is 0.00000512. The fourth-order valence-electron chi connectivity index (χ4n) is 3.66. The number of likely N-dealkylation sites (tertiary alicyclic amines) is 1. The summed E-state index contributed by atoms with van der Waals surface area (Å²) >= 11 is 0. The fourth-order valence-corrected chi connectivity index (χ4v) is 3.66. The van der Waals surface area contributed by atoms with Gasteiger partial charge in [-0.25, -0.2) is 15.0 Å². The zero-order valence-corrected chi connectivity index (χ0v) is 20.6. The second kappa shape index (κ2) is 16.5. The smallest absolute Gasteiger partial charge is 0.335 e. The molecule has 188 valence electrons. The van der Waals surface area contributed by atoms with Gasteiger partial charge in [0.05, 0.1) is 6.61 Å². The summed E-state index contributed by atoms with van der Waals surface area (Å²) in [6.07, 6.45) is 3.47.